The number of hydrogen-bond acceptors (Lipinski definition) is 10. The van der Waals surface area contributed by atoms with Crippen molar-refractivity contribution in [2.24, 2.45) is 25.4 Å². The number of allylic oxidation sites excluding steroid dienone is 4. The second kappa shape index (κ2) is 14.8. The lowest BCUT2D eigenvalue weighted by molar-refractivity contribution is -0.111. The fourth-order valence-corrected chi connectivity index (χ4v) is 6.58. The monoisotopic (exact) mass is 755 g/mol. The van der Waals surface area contributed by atoms with Crippen LogP contribution in [0.3, 0.4) is 0 Å². The number of fused-ring (bicyclic) bond motifs is 4. The fraction of sp³-hybridized carbons (Fsp3) is 0.0455. The van der Waals surface area contributed by atoms with Gasteiger partial charge in [-0.1, -0.05) is 60.1 Å². The number of hydrazone groups is 2. The first kappa shape index (κ1) is 35.6. The zero-order valence-corrected chi connectivity index (χ0v) is 30.7. The number of aliphatic imine (C=N–C) groups is 1. The van der Waals surface area contributed by atoms with E-state index < -0.39 is 11.7 Å². The van der Waals surface area contributed by atoms with E-state index in [1.54, 1.807) is 79.7 Å². The van der Waals surface area contributed by atoms with Gasteiger partial charge < -0.3 is 5.11 Å². The van der Waals surface area contributed by atoms with Crippen molar-refractivity contribution in [3.63, 3.8) is 0 Å². The highest BCUT2D eigenvalue weighted by atomic mass is 35.5. The van der Waals surface area contributed by atoms with Gasteiger partial charge in [-0.05, 0) is 121 Å². The maximum absolute atomic E-state index is 13.7. The van der Waals surface area contributed by atoms with Gasteiger partial charge in [0.05, 0.1) is 44.7 Å². The first-order valence-corrected chi connectivity index (χ1v) is 17.8. The number of carbonyl (C=O) groups excluding carboxylic acids is 3. The van der Waals surface area contributed by atoms with Crippen molar-refractivity contribution in [1.29, 1.82) is 0 Å². The summed E-state index contributed by atoms with van der Waals surface area (Å²) in [7, 11) is 0. The van der Waals surface area contributed by atoms with E-state index in [9.17, 15) is 19.5 Å². The highest BCUT2D eigenvalue weighted by molar-refractivity contribution is 6.58. The Bertz CT molecular complexity index is 2760. The number of anilines is 2. The second-order valence-corrected chi connectivity index (χ2v) is 13.5. The summed E-state index contributed by atoms with van der Waals surface area (Å²) in [5.74, 6) is -1.15. The third kappa shape index (κ3) is 7.02. The summed E-state index contributed by atoms with van der Waals surface area (Å²) < 4.78 is 0. The molecule has 5 aromatic carbocycles. The smallest absolute Gasteiger partial charge is 0.222 e. The molecule has 0 fully saturated rings. The molecule has 272 valence electrons. The van der Waals surface area contributed by atoms with Gasteiger partial charge >= 0.3 is 0 Å². The van der Waals surface area contributed by atoms with Crippen LogP contribution in [-0.2, 0) is 9.59 Å². The van der Waals surface area contributed by atoms with Crippen LogP contribution in [0.4, 0.5) is 28.4 Å². The summed E-state index contributed by atoms with van der Waals surface area (Å²) in [6.45, 7) is 3.61. The van der Waals surface area contributed by atoms with Crippen LogP contribution in [-0.4, -0.2) is 39.8 Å². The zero-order valence-electron chi connectivity index (χ0n) is 29.9. The normalized spacial score (nSPS) is 16.2. The van der Waals surface area contributed by atoms with Gasteiger partial charge in [0.15, 0.2) is 11.6 Å². The van der Waals surface area contributed by atoms with E-state index >= 15 is 0 Å². The number of Topliss-reactive ketones (excluding diaryl/α,β-unsaturated/α-hetero) is 1. The second-order valence-electron chi connectivity index (χ2n) is 13.1. The molecule has 0 saturated carbocycles. The van der Waals surface area contributed by atoms with E-state index in [0.29, 0.717) is 67.0 Å². The van der Waals surface area contributed by atoms with Crippen LogP contribution in [0.2, 0.25) is 5.02 Å². The quantitative estimate of drug-likeness (QED) is 0.0461. The molecule has 8 rings (SSSR count). The minimum absolute atomic E-state index is 0.0122. The van der Waals surface area contributed by atoms with Crippen LogP contribution in [0.5, 0.6) is 0 Å². The summed E-state index contributed by atoms with van der Waals surface area (Å²) in [4.78, 5) is 43.1. The summed E-state index contributed by atoms with van der Waals surface area (Å²) in [6.07, 6.45) is 6.39. The molecule has 0 aliphatic heterocycles. The Morgan fingerprint density at radius 1 is 0.661 bits per heavy atom. The number of ketones is 3. The molecule has 0 spiro atoms. The highest BCUT2D eigenvalue weighted by Crippen LogP contribution is 2.40. The van der Waals surface area contributed by atoms with Crippen molar-refractivity contribution in [3.05, 3.63) is 165 Å². The molecule has 3 aliphatic carbocycles. The maximum atomic E-state index is 13.7. The third-order valence-electron chi connectivity index (χ3n) is 9.35. The number of hydrogen-bond donors (Lipinski definition) is 3. The van der Waals surface area contributed by atoms with E-state index in [-0.39, 0.29) is 22.9 Å². The number of nitrogens with zero attached hydrogens (tertiary/aromatic N) is 5. The number of benzene rings is 5. The molecular weight excluding hydrogens is 726 g/mol. The molecule has 0 aromatic heterocycles. The molecule has 56 heavy (non-hydrogen) atoms. The predicted octanol–water partition coefficient (Wildman–Crippen LogP) is 10.2. The number of rotatable bonds is 8. The van der Waals surface area contributed by atoms with Gasteiger partial charge in [-0.25, -0.2) is 4.99 Å². The SMILES string of the molecule is CC1=C/C(=N/Nc2ccc3c(c2)C(=O)c2cc(N=Nc4ccc(N/N=C5/C(=O)C(C(O)=Nc6ccccc6Cl)=Cc6ccccc65)c(C)c4)ccc2-3)C=CC1=O. The van der Waals surface area contributed by atoms with Crippen LogP contribution in [0.15, 0.2) is 158 Å². The van der Waals surface area contributed by atoms with Gasteiger partial charge in [0.1, 0.15) is 5.71 Å². The van der Waals surface area contributed by atoms with Gasteiger partial charge in [-0.2, -0.15) is 20.4 Å². The van der Waals surface area contributed by atoms with Crippen molar-refractivity contribution in [2.45, 2.75) is 13.8 Å². The number of carbonyl (C=O) groups is 3. The number of para-hydroxylation sites is 1. The highest BCUT2D eigenvalue weighted by Gasteiger charge is 2.30. The van der Waals surface area contributed by atoms with Crippen molar-refractivity contribution in [1.82, 2.24) is 0 Å². The molecule has 0 unspecified atom stereocenters. The minimum atomic E-state index is -0.505. The lowest BCUT2D eigenvalue weighted by atomic mass is 9.89. The molecule has 0 bridgehead atoms. The van der Waals surface area contributed by atoms with E-state index in [0.717, 1.165) is 16.7 Å². The van der Waals surface area contributed by atoms with Crippen LogP contribution in [0, 0.1) is 6.92 Å². The lowest BCUT2D eigenvalue weighted by Gasteiger charge is -2.17. The molecule has 12 heteroatoms. The van der Waals surface area contributed by atoms with Crippen LogP contribution >= 0.6 is 11.6 Å². The maximum Gasteiger partial charge on any atom is 0.222 e. The predicted molar refractivity (Wildman–Crippen MR) is 220 cm³/mol. The average Bonchev–Trinajstić information content (AvgIpc) is 3.48. The van der Waals surface area contributed by atoms with Gasteiger partial charge in [-0.3, -0.25) is 25.2 Å². The zero-order chi connectivity index (χ0) is 38.9. The largest absolute Gasteiger partial charge is 0.493 e. The van der Waals surface area contributed by atoms with Crippen LogP contribution in [0.1, 0.15) is 39.5 Å². The molecule has 0 heterocycles. The number of azo groups is 1. The molecule has 5 aromatic rings. The van der Waals surface area contributed by atoms with Crippen LogP contribution in [0.25, 0.3) is 17.2 Å². The van der Waals surface area contributed by atoms with E-state index in [1.165, 1.54) is 6.08 Å². The summed E-state index contributed by atoms with van der Waals surface area (Å²) in [5.41, 5.74) is 14.8. The lowest BCUT2D eigenvalue weighted by Crippen LogP contribution is -2.27. The number of aliphatic hydroxyl groups excluding tert-OH is 1. The molecule has 0 radical (unpaired) electrons. The third-order valence-corrected chi connectivity index (χ3v) is 9.67. The Balaban J connectivity index is 0.971. The summed E-state index contributed by atoms with van der Waals surface area (Å²) in [5, 5.41) is 28.9. The van der Waals surface area contributed by atoms with Crippen molar-refractivity contribution >= 4 is 80.8 Å². The number of aryl methyl sites for hydroxylation is 1. The molecule has 11 nitrogen and oxygen atoms in total. The average molecular weight is 756 g/mol. The Labute approximate surface area is 325 Å². The molecule has 3 N–H and O–H groups in total. The number of halogens is 1. The molecule has 0 atom stereocenters. The van der Waals surface area contributed by atoms with Gasteiger partial charge in [0.2, 0.25) is 11.7 Å². The van der Waals surface area contributed by atoms with Crippen molar-refractivity contribution in [3.8, 4) is 11.1 Å². The molecular formula is C44H30ClN7O4. The van der Waals surface area contributed by atoms with Gasteiger partial charge in [-0.15, -0.1) is 0 Å². The van der Waals surface area contributed by atoms with E-state index in [4.69, 9.17) is 11.6 Å². The summed E-state index contributed by atoms with van der Waals surface area (Å²) >= 11 is 6.23. The van der Waals surface area contributed by atoms with E-state index in [1.807, 2.05) is 55.5 Å². The number of nitrogens with one attached hydrogen (secondary N) is 2. The fourth-order valence-electron chi connectivity index (χ4n) is 6.40. The Morgan fingerprint density at radius 3 is 2.16 bits per heavy atom. The Kier molecular flexibility index (Phi) is 9.43. The first-order valence-electron chi connectivity index (χ1n) is 17.4. The Morgan fingerprint density at radius 2 is 1.38 bits per heavy atom. The van der Waals surface area contributed by atoms with Gasteiger partial charge in [0, 0.05) is 16.7 Å². The molecule has 0 saturated heterocycles. The topological polar surface area (TPSA) is 157 Å². The van der Waals surface area contributed by atoms with E-state index in [2.05, 4.69) is 36.3 Å². The van der Waals surface area contributed by atoms with Crippen molar-refractivity contribution < 1.29 is 19.5 Å². The molecule has 0 amide bonds. The minimum Gasteiger partial charge on any atom is -0.493 e. The summed E-state index contributed by atoms with van der Waals surface area (Å²) in [6, 6.07) is 30.3. The van der Waals surface area contributed by atoms with Crippen molar-refractivity contribution in [2.75, 3.05) is 10.9 Å². The van der Waals surface area contributed by atoms with Crippen LogP contribution < -0.4 is 10.9 Å². The van der Waals surface area contributed by atoms with Gasteiger partial charge in [0.25, 0.3) is 0 Å². The molecule has 3 aliphatic rings. The standard InChI is InChI=1S/C44H30ClN7O4/c1-24-19-27(13-17-38(24)51-52-41-31-8-4-3-7-26(31)21-36(43(41)55)44(56)46-39-10-6-5-9-37(39)45)47-49-29-11-15-32-33-16-12-30(23-35(33)42(54)34(32)22-29)50-48-28-14-18-40(53)25(2)20-28/h3-23,50-51H,1-2H3,(H,46,56)/b48-28+,49-47?,52-41+. The Hall–Kier alpha value is -7.37. The first-order chi connectivity index (χ1) is 27.1. The number of aliphatic hydroxyl groups is 1.